The summed E-state index contributed by atoms with van der Waals surface area (Å²) in [7, 11) is 0. The summed E-state index contributed by atoms with van der Waals surface area (Å²) in [5, 5.41) is 0. The van der Waals surface area contributed by atoms with E-state index < -0.39 is 18.6 Å². The molecular weight excluding hydrogens is 257 g/mol. The molecule has 2 rings (SSSR count). The van der Waals surface area contributed by atoms with Gasteiger partial charge in [-0.1, -0.05) is 12.1 Å². The van der Waals surface area contributed by atoms with Gasteiger partial charge in [0.15, 0.2) is 0 Å². The lowest BCUT2D eigenvalue weighted by atomic mass is 10.1. The van der Waals surface area contributed by atoms with E-state index in [9.17, 15) is 18.0 Å². The second kappa shape index (κ2) is 4.75. The number of anilines is 1. The van der Waals surface area contributed by atoms with Gasteiger partial charge in [0.25, 0.3) is 5.91 Å². The fourth-order valence-corrected chi connectivity index (χ4v) is 1.97. The van der Waals surface area contributed by atoms with Crippen LogP contribution in [0.25, 0.3) is 0 Å². The van der Waals surface area contributed by atoms with E-state index in [0.29, 0.717) is 18.4 Å². The minimum Gasteiger partial charge on any atom is -0.398 e. The third-order valence-electron chi connectivity index (χ3n) is 3.15. The molecule has 104 valence electrons. The van der Waals surface area contributed by atoms with Crippen molar-refractivity contribution in [1.29, 1.82) is 0 Å². The van der Waals surface area contributed by atoms with Crippen LogP contribution >= 0.6 is 0 Å². The standard InChI is InChI=1S/C13H15F3N2O/c1-8-3-2-4-10(11(8)17)12(19)18(9-5-6-9)7-13(14,15)16/h2-4,9H,5-7,17H2,1H3. The van der Waals surface area contributed by atoms with Crippen molar-refractivity contribution < 1.29 is 18.0 Å². The van der Waals surface area contributed by atoms with Gasteiger partial charge in [-0.15, -0.1) is 0 Å². The van der Waals surface area contributed by atoms with Gasteiger partial charge in [-0.25, -0.2) is 0 Å². The Morgan fingerprint density at radius 2 is 2.05 bits per heavy atom. The highest BCUT2D eigenvalue weighted by atomic mass is 19.4. The van der Waals surface area contributed by atoms with Crippen molar-refractivity contribution in [3.63, 3.8) is 0 Å². The number of carbonyl (C=O) groups excluding carboxylic acids is 1. The monoisotopic (exact) mass is 272 g/mol. The molecule has 3 nitrogen and oxygen atoms in total. The quantitative estimate of drug-likeness (QED) is 0.860. The summed E-state index contributed by atoms with van der Waals surface area (Å²) in [5.41, 5.74) is 6.86. The summed E-state index contributed by atoms with van der Waals surface area (Å²) >= 11 is 0. The average Bonchev–Trinajstić information content (AvgIpc) is 3.12. The lowest BCUT2D eigenvalue weighted by molar-refractivity contribution is -0.141. The SMILES string of the molecule is Cc1cccc(C(=O)N(CC(F)(F)F)C2CC2)c1N. The van der Waals surface area contributed by atoms with Crippen LogP contribution in [0.2, 0.25) is 0 Å². The van der Waals surface area contributed by atoms with Gasteiger partial charge in [0.05, 0.1) is 5.56 Å². The summed E-state index contributed by atoms with van der Waals surface area (Å²) in [5.74, 6) is -0.638. The first-order valence-electron chi connectivity index (χ1n) is 6.02. The molecule has 1 aliphatic carbocycles. The highest BCUT2D eigenvalue weighted by molar-refractivity contribution is 6.00. The molecule has 0 aliphatic heterocycles. The topological polar surface area (TPSA) is 46.3 Å². The molecule has 19 heavy (non-hydrogen) atoms. The van der Waals surface area contributed by atoms with Crippen LogP contribution in [0.4, 0.5) is 18.9 Å². The Morgan fingerprint density at radius 1 is 1.42 bits per heavy atom. The summed E-state index contributed by atoms with van der Waals surface area (Å²) < 4.78 is 37.6. The second-order valence-corrected chi connectivity index (χ2v) is 4.82. The smallest absolute Gasteiger partial charge is 0.398 e. The molecule has 0 radical (unpaired) electrons. The van der Waals surface area contributed by atoms with Gasteiger partial charge in [0.1, 0.15) is 6.54 Å². The van der Waals surface area contributed by atoms with Crippen molar-refractivity contribution in [3.05, 3.63) is 29.3 Å². The van der Waals surface area contributed by atoms with Crippen molar-refractivity contribution >= 4 is 11.6 Å². The van der Waals surface area contributed by atoms with Crippen LogP contribution in [0, 0.1) is 6.92 Å². The Labute approximate surface area is 109 Å². The Kier molecular flexibility index (Phi) is 3.43. The molecule has 1 aliphatic rings. The van der Waals surface area contributed by atoms with Gasteiger partial charge >= 0.3 is 6.18 Å². The van der Waals surface area contributed by atoms with Crippen LogP contribution in [0.15, 0.2) is 18.2 Å². The van der Waals surface area contributed by atoms with Gasteiger partial charge in [-0.05, 0) is 31.4 Å². The number of hydrogen-bond acceptors (Lipinski definition) is 2. The lowest BCUT2D eigenvalue weighted by Crippen LogP contribution is -2.40. The van der Waals surface area contributed by atoms with E-state index in [1.165, 1.54) is 6.07 Å². The fourth-order valence-electron chi connectivity index (χ4n) is 1.97. The number of hydrogen-bond donors (Lipinski definition) is 1. The van der Waals surface area contributed by atoms with Crippen LogP contribution in [0.1, 0.15) is 28.8 Å². The minimum atomic E-state index is -4.39. The van der Waals surface area contributed by atoms with Gasteiger partial charge in [0, 0.05) is 11.7 Å². The summed E-state index contributed by atoms with van der Waals surface area (Å²) in [4.78, 5) is 13.1. The van der Waals surface area contributed by atoms with E-state index in [4.69, 9.17) is 5.73 Å². The molecule has 2 N–H and O–H groups in total. The van der Waals surface area contributed by atoms with Gasteiger partial charge < -0.3 is 10.6 Å². The molecule has 1 aromatic carbocycles. The maximum Gasteiger partial charge on any atom is 0.406 e. The van der Waals surface area contributed by atoms with Crippen LogP contribution < -0.4 is 5.73 Å². The first-order valence-corrected chi connectivity index (χ1v) is 6.02. The van der Waals surface area contributed by atoms with E-state index in [-0.39, 0.29) is 17.3 Å². The minimum absolute atomic E-state index is 0.149. The molecule has 1 fully saturated rings. The zero-order chi connectivity index (χ0) is 14.2. The van der Waals surface area contributed by atoms with E-state index in [0.717, 1.165) is 4.90 Å². The Morgan fingerprint density at radius 3 is 2.58 bits per heavy atom. The van der Waals surface area contributed by atoms with E-state index in [2.05, 4.69) is 0 Å². The predicted molar refractivity (Wildman–Crippen MR) is 65.7 cm³/mol. The number of nitrogens with two attached hydrogens (primary N) is 1. The number of amides is 1. The number of nitrogens with zero attached hydrogens (tertiary/aromatic N) is 1. The number of rotatable bonds is 3. The molecular formula is C13H15F3N2O. The maximum atomic E-state index is 12.5. The molecule has 0 bridgehead atoms. The van der Waals surface area contributed by atoms with Crippen molar-refractivity contribution in [1.82, 2.24) is 4.90 Å². The number of benzene rings is 1. The fraction of sp³-hybridized carbons (Fsp3) is 0.462. The zero-order valence-corrected chi connectivity index (χ0v) is 10.5. The van der Waals surface area contributed by atoms with Crippen LogP contribution in [0.3, 0.4) is 0 Å². The van der Waals surface area contributed by atoms with E-state index in [1.54, 1.807) is 19.1 Å². The third kappa shape index (κ3) is 3.19. The molecule has 1 saturated carbocycles. The second-order valence-electron chi connectivity index (χ2n) is 4.82. The molecule has 0 spiro atoms. The Bertz CT molecular complexity index is 495. The van der Waals surface area contributed by atoms with Gasteiger partial charge in [0.2, 0.25) is 0 Å². The third-order valence-corrected chi connectivity index (χ3v) is 3.15. The highest BCUT2D eigenvalue weighted by Crippen LogP contribution is 2.32. The average molecular weight is 272 g/mol. The van der Waals surface area contributed by atoms with Crippen LogP contribution in [-0.2, 0) is 0 Å². The molecule has 1 aromatic rings. The Hall–Kier alpha value is -1.72. The lowest BCUT2D eigenvalue weighted by Gasteiger charge is -2.24. The largest absolute Gasteiger partial charge is 0.406 e. The van der Waals surface area contributed by atoms with Gasteiger partial charge in [-0.2, -0.15) is 13.2 Å². The molecule has 1 amide bonds. The molecule has 0 heterocycles. The first-order chi connectivity index (χ1) is 8.79. The van der Waals surface area contributed by atoms with E-state index >= 15 is 0 Å². The van der Waals surface area contributed by atoms with Gasteiger partial charge in [-0.3, -0.25) is 4.79 Å². The molecule has 0 saturated heterocycles. The first kappa shape index (κ1) is 13.7. The summed E-state index contributed by atoms with van der Waals surface area (Å²) in [6.45, 7) is 0.501. The van der Waals surface area contributed by atoms with Crippen molar-refractivity contribution in [3.8, 4) is 0 Å². The maximum absolute atomic E-state index is 12.5. The number of nitrogen functional groups attached to an aromatic ring is 1. The van der Waals surface area contributed by atoms with Crippen molar-refractivity contribution in [2.75, 3.05) is 12.3 Å². The number of para-hydroxylation sites is 1. The van der Waals surface area contributed by atoms with Crippen molar-refractivity contribution in [2.24, 2.45) is 0 Å². The molecule has 0 aromatic heterocycles. The number of carbonyl (C=O) groups is 1. The number of halogens is 3. The highest BCUT2D eigenvalue weighted by Gasteiger charge is 2.41. The van der Waals surface area contributed by atoms with Crippen LogP contribution in [0.5, 0.6) is 0 Å². The van der Waals surface area contributed by atoms with E-state index in [1.807, 2.05) is 0 Å². The zero-order valence-electron chi connectivity index (χ0n) is 10.5. The molecule has 0 unspecified atom stereocenters. The molecule has 6 heteroatoms. The normalized spacial score (nSPS) is 15.4. The summed E-state index contributed by atoms with van der Waals surface area (Å²) in [6.07, 6.45) is -3.15. The number of alkyl halides is 3. The van der Waals surface area contributed by atoms with Crippen molar-refractivity contribution in [2.45, 2.75) is 32.0 Å². The number of aryl methyl sites for hydroxylation is 1. The summed E-state index contributed by atoms with van der Waals surface area (Å²) in [6, 6.07) is 4.50. The predicted octanol–water partition coefficient (Wildman–Crippen LogP) is 2.74. The van der Waals surface area contributed by atoms with Crippen LogP contribution in [-0.4, -0.2) is 29.6 Å². The molecule has 0 atom stereocenters. The Balaban J connectivity index is 2.27.